The Kier molecular flexibility index (Phi) is 3.24. The van der Waals surface area contributed by atoms with Gasteiger partial charge in [0.15, 0.2) is 17.4 Å². The van der Waals surface area contributed by atoms with Gasteiger partial charge in [-0.1, -0.05) is 0 Å². The number of hydrogen-bond acceptors (Lipinski definition) is 7. The summed E-state index contributed by atoms with van der Waals surface area (Å²) in [5.41, 5.74) is 0.515. The highest BCUT2D eigenvalue weighted by Gasteiger charge is 2.23. The second kappa shape index (κ2) is 4.69. The zero-order valence-electron chi connectivity index (χ0n) is 10.0. The lowest BCUT2D eigenvalue weighted by Gasteiger charge is -1.95. The van der Waals surface area contributed by atoms with Gasteiger partial charge in [0.1, 0.15) is 21.8 Å². The minimum Gasteiger partial charge on any atom is -0.464 e. The number of ketones is 1. The molecule has 6 nitrogen and oxygen atoms in total. The highest BCUT2D eigenvalue weighted by Crippen LogP contribution is 2.28. The number of hydrogen-bond donors (Lipinski definition) is 0. The molecule has 0 unspecified atom stereocenters. The summed E-state index contributed by atoms with van der Waals surface area (Å²) in [6, 6.07) is 0. The molecule has 2 rings (SSSR count). The molecule has 2 aromatic rings. The average molecular weight is 266 g/mol. The number of esters is 1. The van der Waals surface area contributed by atoms with Gasteiger partial charge in [0.25, 0.3) is 0 Å². The van der Waals surface area contributed by atoms with Gasteiger partial charge < -0.3 is 9.15 Å². The van der Waals surface area contributed by atoms with Crippen LogP contribution in [0.4, 0.5) is 0 Å². The van der Waals surface area contributed by atoms with Crippen molar-refractivity contribution in [2.75, 3.05) is 7.11 Å². The molecule has 7 heteroatoms. The molecule has 0 radical (unpaired) electrons. The number of Topliss-reactive ketones (excluding diaryl/α,β-unsaturated/α-hetero) is 1. The van der Waals surface area contributed by atoms with E-state index in [-0.39, 0.29) is 16.4 Å². The summed E-state index contributed by atoms with van der Waals surface area (Å²) in [7, 11) is 1.24. The third-order valence-electron chi connectivity index (χ3n) is 2.16. The maximum absolute atomic E-state index is 11.5. The molecule has 0 saturated heterocycles. The van der Waals surface area contributed by atoms with E-state index in [1.54, 1.807) is 6.92 Å². The van der Waals surface area contributed by atoms with E-state index in [2.05, 4.69) is 14.7 Å². The molecule has 2 heterocycles. The van der Waals surface area contributed by atoms with Gasteiger partial charge in [0.05, 0.1) is 7.11 Å². The molecular weight excluding hydrogens is 256 g/mol. The Balaban J connectivity index is 2.52. The quantitative estimate of drug-likeness (QED) is 0.625. The van der Waals surface area contributed by atoms with Crippen molar-refractivity contribution in [3.8, 4) is 10.7 Å². The van der Waals surface area contributed by atoms with Crippen LogP contribution in [0.15, 0.2) is 10.7 Å². The number of oxazole rings is 1. The van der Waals surface area contributed by atoms with Crippen LogP contribution in [0.2, 0.25) is 0 Å². The predicted octanol–water partition coefficient (Wildman–Crippen LogP) is 2.10. The van der Waals surface area contributed by atoms with Gasteiger partial charge in [-0.25, -0.2) is 14.8 Å². The van der Waals surface area contributed by atoms with E-state index in [9.17, 15) is 9.59 Å². The van der Waals surface area contributed by atoms with Crippen molar-refractivity contribution in [3.63, 3.8) is 0 Å². The molecule has 0 aromatic carbocycles. The van der Waals surface area contributed by atoms with Crippen LogP contribution >= 0.6 is 11.3 Å². The summed E-state index contributed by atoms with van der Waals surface area (Å²) < 4.78 is 9.66. The number of methoxy groups -OCH3 is 1. The fraction of sp³-hybridized carbons (Fsp3) is 0.273. The van der Waals surface area contributed by atoms with Crippen LogP contribution in [0.1, 0.15) is 33.0 Å². The second-order valence-corrected chi connectivity index (χ2v) is 4.50. The molecule has 0 aliphatic heterocycles. The summed E-state index contributed by atoms with van der Waals surface area (Å²) in [6.45, 7) is 3.07. The maximum atomic E-state index is 11.5. The Morgan fingerprint density at radius 2 is 2.11 bits per heavy atom. The molecule has 0 bridgehead atoms. The fourth-order valence-electron chi connectivity index (χ4n) is 1.36. The van der Waals surface area contributed by atoms with Crippen LogP contribution in [-0.4, -0.2) is 28.8 Å². The second-order valence-electron chi connectivity index (χ2n) is 3.50. The molecule has 0 spiro atoms. The summed E-state index contributed by atoms with van der Waals surface area (Å²) in [6.07, 6.45) is 1.43. The van der Waals surface area contributed by atoms with Crippen molar-refractivity contribution < 1.29 is 18.7 Å². The lowest BCUT2D eigenvalue weighted by atomic mass is 10.3. The molecule has 0 saturated carbocycles. The third kappa shape index (κ3) is 2.17. The van der Waals surface area contributed by atoms with E-state index >= 15 is 0 Å². The van der Waals surface area contributed by atoms with E-state index in [0.717, 1.165) is 11.3 Å². The van der Waals surface area contributed by atoms with Gasteiger partial charge in [-0.05, 0) is 0 Å². The fourth-order valence-corrected chi connectivity index (χ4v) is 2.26. The number of aromatic nitrogens is 2. The van der Waals surface area contributed by atoms with Gasteiger partial charge >= 0.3 is 5.97 Å². The summed E-state index contributed by atoms with van der Waals surface area (Å²) in [5, 5.41) is 0.456. The minimum atomic E-state index is -0.636. The van der Waals surface area contributed by atoms with Gasteiger partial charge in [0, 0.05) is 13.8 Å². The molecular formula is C11H10N2O4S. The average Bonchev–Trinajstić information content (AvgIpc) is 2.93. The first-order chi connectivity index (χ1) is 8.52. The minimum absolute atomic E-state index is 0.0191. The van der Waals surface area contributed by atoms with Crippen molar-refractivity contribution >= 4 is 23.1 Å². The molecule has 0 amide bonds. The highest BCUT2D eigenvalue weighted by molar-refractivity contribution is 7.17. The van der Waals surface area contributed by atoms with Crippen molar-refractivity contribution in [3.05, 3.63) is 22.7 Å². The number of thiazole rings is 1. The van der Waals surface area contributed by atoms with Crippen LogP contribution in [0.3, 0.4) is 0 Å². The number of nitrogens with zero attached hydrogens (tertiary/aromatic N) is 2. The molecule has 0 aliphatic rings. The molecule has 0 aliphatic carbocycles. The van der Waals surface area contributed by atoms with Gasteiger partial charge in [-0.15, -0.1) is 11.3 Å². The summed E-state index contributed by atoms with van der Waals surface area (Å²) in [4.78, 5) is 31.4. The highest BCUT2D eigenvalue weighted by atomic mass is 32.1. The van der Waals surface area contributed by atoms with E-state index in [1.807, 2.05) is 0 Å². The largest absolute Gasteiger partial charge is 0.464 e. The first kappa shape index (κ1) is 12.4. The van der Waals surface area contributed by atoms with Crippen LogP contribution in [0.5, 0.6) is 0 Å². The van der Waals surface area contributed by atoms with Crippen molar-refractivity contribution in [1.29, 1.82) is 0 Å². The zero-order chi connectivity index (χ0) is 13.3. The summed E-state index contributed by atoms with van der Waals surface area (Å²) in [5.74, 6) is -0.383. The Morgan fingerprint density at radius 1 is 1.39 bits per heavy atom. The smallest absolute Gasteiger partial charge is 0.358 e. The number of ether oxygens (including phenoxy) is 1. The Morgan fingerprint density at radius 3 is 2.61 bits per heavy atom. The monoisotopic (exact) mass is 266 g/mol. The SMILES string of the molecule is COC(=O)c1nc(-c2coc(C)n2)sc1C(C)=O. The van der Waals surface area contributed by atoms with Crippen molar-refractivity contribution in [2.45, 2.75) is 13.8 Å². The zero-order valence-corrected chi connectivity index (χ0v) is 10.8. The van der Waals surface area contributed by atoms with Crippen molar-refractivity contribution in [2.24, 2.45) is 0 Å². The van der Waals surface area contributed by atoms with E-state index < -0.39 is 5.97 Å². The predicted molar refractivity (Wildman–Crippen MR) is 63.7 cm³/mol. The maximum Gasteiger partial charge on any atom is 0.358 e. The molecule has 0 fully saturated rings. The Hall–Kier alpha value is -2.02. The number of carbonyl (C=O) groups excluding carboxylic acids is 2. The standard InChI is InChI=1S/C11H10N2O4S/c1-5(14)9-8(11(15)16-3)13-10(18-9)7-4-17-6(2)12-7/h4H,1-3H3. The Labute approximate surface area is 107 Å². The van der Waals surface area contributed by atoms with E-state index in [1.165, 1.54) is 20.3 Å². The van der Waals surface area contributed by atoms with Crippen molar-refractivity contribution in [1.82, 2.24) is 9.97 Å². The number of rotatable bonds is 3. The van der Waals surface area contributed by atoms with E-state index in [4.69, 9.17) is 4.42 Å². The Bertz CT molecular complexity index is 614. The van der Waals surface area contributed by atoms with Crippen LogP contribution in [0.25, 0.3) is 10.7 Å². The summed E-state index contributed by atoms with van der Waals surface area (Å²) >= 11 is 1.09. The van der Waals surface area contributed by atoms with Crippen LogP contribution in [-0.2, 0) is 4.74 Å². The number of aryl methyl sites for hydroxylation is 1. The molecule has 0 atom stereocenters. The molecule has 0 N–H and O–H groups in total. The first-order valence-electron chi connectivity index (χ1n) is 5.05. The third-order valence-corrected chi connectivity index (χ3v) is 3.34. The van der Waals surface area contributed by atoms with Crippen LogP contribution in [0, 0.1) is 6.92 Å². The van der Waals surface area contributed by atoms with E-state index in [0.29, 0.717) is 16.6 Å². The van der Waals surface area contributed by atoms with Gasteiger partial charge in [-0.2, -0.15) is 0 Å². The topological polar surface area (TPSA) is 82.3 Å². The lowest BCUT2D eigenvalue weighted by molar-refractivity contribution is 0.0591. The van der Waals surface area contributed by atoms with Crippen LogP contribution < -0.4 is 0 Å². The molecule has 94 valence electrons. The molecule has 18 heavy (non-hydrogen) atoms. The normalized spacial score (nSPS) is 10.4. The first-order valence-corrected chi connectivity index (χ1v) is 5.87. The lowest BCUT2D eigenvalue weighted by Crippen LogP contribution is -2.06. The molecule has 2 aromatic heterocycles. The van der Waals surface area contributed by atoms with Gasteiger partial charge in [-0.3, -0.25) is 4.79 Å². The van der Waals surface area contributed by atoms with Gasteiger partial charge in [0.2, 0.25) is 0 Å². The number of carbonyl (C=O) groups is 2.